The topological polar surface area (TPSA) is 20.2 Å². The van der Waals surface area contributed by atoms with E-state index >= 15 is 0 Å². The maximum absolute atomic E-state index is 9.26. The van der Waals surface area contributed by atoms with Crippen molar-refractivity contribution >= 4 is 0 Å². The maximum Gasteiger partial charge on any atom is 0.0720 e. The van der Waals surface area contributed by atoms with Gasteiger partial charge in [0.25, 0.3) is 0 Å². The van der Waals surface area contributed by atoms with E-state index in [1.54, 1.807) is 0 Å². The van der Waals surface area contributed by atoms with Gasteiger partial charge in [0.1, 0.15) is 0 Å². The van der Waals surface area contributed by atoms with Crippen LogP contribution in [0.2, 0.25) is 0 Å². The second-order valence-corrected chi connectivity index (χ2v) is 2.94. The highest BCUT2D eigenvalue weighted by molar-refractivity contribution is 4.84. The van der Waals surface area contributed by atoms with Gasteiger partial charge in [-0.05, 0) is 13.3 Å². The van der Waals surface area contributed by atoms with Crippen LogP contribution in [-0.4, -0.2) is 11.2 Å². The van der Waals surface area contributed by atoms with Crippen molar-refractivity contribution in [1.82, 2.24) is 0 Å². The Balaban J connectivity index is 3.10. The molecule has 0 bridgehead atoms. The molecule has 0 spiro atoms. The van der Waals surface area contributed by atoms with Crippen LogP contribution in [0, 0.1) is 0 Å². The largest absolute Gasteiger partial charge is 0.389 e. The summed E-state index contributed by atoms with van der Waals surface area (Å²) in [6.07, 6.45) is 9.44. The summed E-state index contributed by atoms with van der Waals surface area (Å²) in [5.74, 6) is 0. The molecule has 0 heterocycles. The summed E-state index contributed by atoms with van der Waals surface area (Å²) >= 11 is 0. The van der Waals surface area contributed by atoms with Crippen LogP contribution in [0.15, 0.2) is 12.2 Å². The van der Waals surface area contributed by atoms with Crippen molar-refractivity contribution in [3.63, 3.8) is 0 Å². The lowest BCUT2D eigenvalue weighted by Gasteiger charge is -2.03. The summed E-state index contributed by atoms with van der Waals surface area (Å²) in [5, 5.41) is 9.26. The van der Waals surface area contributed by atoms with E-state index in [0.29, 0.717) is 0 Å². The zero-order valence-corrected chi connectivity index (χ0v) is 7.71. The fourth-order valence-corrected chi connectivity index (χ4v) is 1.10. The highest BCUT2D eigenvalue weighted by atomic mass is 16.3. The molecule has 11 heavy (non-hydrogen) atoms. The summed E-state index contributed by atoms with van der Waals surface area (Å²) in [6.45, 7) is 4.14. The van der Waals surface area contributed by atoms with E-state index in [4.69, 9.17) is 0 Å². The van der Waals surface area contributed by atoms with Crippen LogP contribution in [0.5, 0.6) is 0 Å². The molecule has 0 aromatic carbocycles. The quantitative estimate of drug-likeness (QED) is 0.463. The highest BCUT2D eigenvalue weighted by Crippen LogP contribution is 2.05. The second-order valence-electron chi connectivity index (χ2n) is 2.94. The molecule has 0 rings (SSSR count). The molecule has 1 unspecified atom stereocenters. The molecule has 1 atom stereocenters. The third-order valence-electron chi connectivity index (χ3n) is 1.77. The van der Waals surface area contributed by atoms with Gasteiger partial charge >= 0.3 is 0 Å². The minimum absolute atomic E-state index is 0.211. The highest BCUT2D eigenvalue weighted by Gasteiger charge is 1.96. The molecule has 0 saturated heterocycles. The van der Waals surface area contributed by atoms with Crippen LogP contribution in [0.25, 0.3) is 0 Å². The van der Waals surface area contributed by atoms with Crippen molar-refractivity contribution in [2.75, 3.05) is 0 Å². The molecule has 0 saturated carbocycles. The summed E-state index contributed by atoms with van der Waals surface area (Å²) in [6, 6.07) is 0. The lowest BCUT2D eigenvalue weighted by atomic mass is 10.1. The van der Waals surface area contributed by atoms with Gasteiger partial charge in [-0.3, -0.25) is 0 Å². The number of allylic oxidation sites excluding steroid dienone is 1. The summed E-state index contributed by atoms with van der Waals surface area (Å²) < 4.78 is 0. The van der Waals surface area contributed by atoms with Crippen molar-refractivity contribution in [2.24, 2.45) is 0 Å². The second kappa shape index (κ2) is 7.80. The molecule has 66 valence electrons. The molecule has 0 aliphatic heterocycles. The van der Waals surface area contributed by atoms with Crippen molar-refractivity contribution in [2.45, 2.75) is 52.1 Å². The fourth-order valence-electron chi connectivity index (χ4n) is 1.10. The van der Waals surface area contributed by atoms with E-state index in [-0.39, 0.29) is 6.10 Å². The number of hydrogen-bond acceptors (Lipinski definition) is 1. The van der Waals surface area contributed by atoms with Crippen molar-refractivity contribution in [1.29, 1.82) is 0 Å². The van der Waals surface area contributed by atoms with Gasteiger partial charge in [-0.2, -0.15) is 0 Å². The van der Waals surface area contributed by atoms with E-state index in [1.807, 2.05) is 19.1 Å². The van der Waals surface area contributed by atoms with Crippen molar-refractivity contribution < 1.29 is 5.11 Å². The first-order valence-electron chi connectivity index (χ1n) is 4.62. The molecule has 0 fully saturated rings. The van der Waals surface area contributed by atoms with Crippen LogP contribution < -0.4 is 0 Å². The number of aliphatic hydroxyl groups excluding tert-OH is 1. The zero-order chi connectivity index (χ0) is 8.53. The van der Waals surface area contributed by atoms with E-state index in [2.05, 4.69) is 6.92 Å². The monoisotopic (exact) mass is 156 g/mol. The Kier molecular flexibility index (Phi) is 7.59. The van der Waals surface area contributed by atoms with Gasteiger partial charge in [0, 0.05) is 0 Å². The van der Waals surface area contributed by atoms with Crippen LogP contribution in [0.4, 0.5) is 0 Å². The summed E-state index contributed by atoms with van der Waals surface area (Å²) in [7, 11) is 0. The van der Waals surface area contributed by atoms with Crippen LogP contribution in [-0.2, 0) is 0 Å². The number of rotatable bonds is 6. The Hall–Kier alpha value is -0.300. The van der Waals surface area contributed by atoms with Gasteiger partial charge < -0.3 is 5.11 Å². The van der Waals surface area contributed by atoms with Crippen LogP contribution in [0.3, 0.4) is 0 Å². The lowest BCUT2D eigenvalue weighted by Crippen LogP contribution is -2.00. The molecular weight excluding hydrogens is 136 g/mol. The Bertz CT molecular complexity index is 97.0. The lowest BCUT2D eigenvalue weighted by molar-refractivity contribution is 0.208. The molecule has 0 aliphatic carbocycles. The first-order valence-corrected chi connectivity index (χ1v) is 4.62. The summed E-state index contributed by atoms with van der Waals surface area (Å²) in [4.78, 5) is 0. The Morgan fingerprint density at radius 1 is 1.27 bits per heavy atom. The number of unbranched alkanes of at least 4 members (excludes halogenated alkanes) is 3. The molecule has 0 aromatic heterocycles. The standard InChI is InChI=1S/C10H20O/c1-3-5-6-7-9-10(11)8-4-2/h4,8,10-11H,3,5-7,9H2,1-2H3/b8-4-. The van der Waals surface area contributed by atoms with Crippen LogP contribution >= 0.6 is 0 Å². The normalized spacial score (nSPS) is 14.1. The molecule has 0 radical (unpaired) electrons. The van der Waals surface area contributed by atoms with Crippen LogP contribution in [0.1, 0.15) is 46.0 Å². The van der Waals surface area contributed by atoms with E-state index in [0.717, 1.165) is 12.8 Å². The first-order chi connectivity index (χ1) is 5.31. The molecule has 0 aromatic rings. The molecule has 1 nitrogen and oxygen atoms in total. The van der Waals surface area contributed by atoms with Crippen molar-refractivity contribution in [3.8, 4) is 0 Å². The maximum atomic E-state index is 9.26. The van der Waals surface area contributed by atoms with E-state index in [1.165, 1.54) is 19.3 Å². The third-order valence-corrected chi connectivity index (χ3v) is 1.77. The van der Waals surface area contributed by atoms with Gasteiger partial charge in [-0.25, -0.2) is 0 Å². The average Bonchev–Trinajstić information content (AvgIpc) is 1.99. The Labute approximate surface area is 70.1 Å². The first kappa shape index (κ1) is 10.7. The minimum atomic E-state index is -0.211. The molecule has 1 N–H and O–H groups in total. The smallest absolute Gasteiger partial charge is 0.0720 e. The van der Waals surface area contributed by atoms with Gasteiger partial charge in [-0.1, -0.05) is 44.8 Å². The SMILES string of the molecule is C/C=C\C(O)CCCCCC. The van der Waals surface area contributed by atoms with E-state index in [9.17, 15) is 5.11 Å². The predicted molar refractivity (Wildman–Crippen MR) is 49.6 cm³/mol. The number of hydrogen-bond donors (Lipinski definition) is 1. The number of aliphatic hydroxyl groups is 1. The fraction of sp³-hybridized carbons (Fsp3) is 0.800. The summed E-state index contributed by atoms with van der Waals surface area (Å²) in [5.41, 5.74) is 0. The molecular formula is C10H20O. The van der Waals surface area contributed by atoms with Gasteiger partial charge in [0.05, 0.1) is 6.10 Å². The third kappa shape index (κ3) is 7.60. The Morgan fingerprint density at radius 2 is 2.00 bits per heavy atom. The molecule has 0 amide bonds. The zero-order valence-electron chi connectivity index (χ0n) is 7.71. The van der Waals surface area contributed by atoms with Gasteiger partial charge in [0.2, 0.25) is 0 Å². The van der Waals surface area contributed by atoms with Crippen molar-refractivity contribution in [3.05, 3.63) is 12.2 Å². The predicted octanol–water partition coefficient (Wildman–Crippen LogP) is 2.89. The van der Waals surface area contributed by atoms with E-state index < -0.39 is 0 Å². The Morgan fingerprint density at radius 3 is 2.55 bits per heavy atom. The minimum Gasteiger partial charge on any atom is -0.389 e. The van der Waals surface area contributed by atoms with Gasteiger partial charge in [-0.15, -0.1) is 0 Å². The molecule has 0 aliphatic rings. The molecule has 1 heteroatoms. The average molecular weight is 156 g/mol. The van der Waals surface area contributed by atoms with Gasteiger partial charge in [0.15, 0.2) is 0 Å².